The number of halogens is 1. The maximum absolute atomic E-state index is 3.51. The van der Waals surface area contributed by atoms with Gasteiger partial charge in [0.1, 0.15) is 0 Å². The van der Waals surface area contributed by atoms with Gasteiger partial charge in [-0.3, -0.25) is 0 Å². The minimum Gasteiger partial charge on any atom is -0.365 e. The minimum atomic E-state index is -0.0677. The monoisotopic (exact) mass is 205 g/mol. The van der Waals surface area contributed by atoms with Crippen LogP contribution in [-0.4, -0.2) is 10.0 Å². The maximum atomic E-state index is 3.51. The molecule has 0 fully saturated rings. The van der Waals surface area contributed by atoms with Crippen LogP contribution in [0.5, 0.6) is 0 Å². The Kier molecular flexibility index (Phi) is 2.24. The van der Waals surface area contributed by atoms with E-state index in [-0.39, 0.29) is 3.78 Å². The molecule has 0 aromatic rings. The zero-order valence-corrected chi connectivity index (χ0v) is 7.50. The Bertz CT molecular complexity index is 155. The number of dihydropyridines is 1. The first-order chi connectivity index (χ1) is 4.27. The van der Waals surface area contributed by atoms with Gasteiger partial charge < -0.3 is 5.32 Å². The molecular weight excluding hydrogens is 198 g/mol. The number of alkyl halides is 1. The molecule has 1 N–H and O–H groups in total. The van der Waals surface area contributed by atoms with E-state index in [9.17, 15) is 0 Å². The van der Waals surface area contributed by atoms with Crippen molar-refractivity contribution in [1.29, 1.82) is 0 Å². The van der Waals surface area contributed by atoms with Gasteiger partial charge in [-0.1, -0.05) is 6.08 Å². The summed E-state index contributed by atoms with van der Waals surface area (Å²) in [7, 11) is 0. The van der Waals surface area contributed by atoms with E-state index in [1.165, 1.54) is 0 Å². The third-order valence-corrected chi connectivity index (χ3v) is 3.41. The van der Waals surface area contributed by atoms with E-state index in [0.717, 1.165) is 0 Å². The van der Waals surface area contributed by atoms with Gasteiger partial charge in [-0.25, -0.2) is 0 Å². The van der Waals surface area contributed by atoms with Gasteiger partial charge in [0, 0.05) is 0 Å². The fraction of sp³-hybridized carbons (Fsp3) is 0.333. The number of hydrogen-bond acceptors (Lipinski definition) is 2. The molecule has 1 aliphatic heterocycles. The van der Waals surface area contributed by atoms with Crippen molar-refractivity contribution >= 4 is 27.7 Å². The second kappa shape index (κ2) is 2.80. The predicted molar refractivity (Wildman–Crippen MR) is 46.6 cm³/mol. The van der Waals surface area contributed by atoms with Crippen LogP contribution in [0.2, 0.25) is 0 Å². The summed E-state index contributed by atoms with van der Waals surface area (Å²) in [6, 6.07) is 0. The number of allylic oxidation sites excluding steroid dienone is 2. The standard InChI is InChI=1S/C6H8BrNS/c1-9-6(7)4-2-3-5-8-6/h2-5,8H,1H3. The summed E-state index contributed by atoms with van der Waals surface area (Å²) in [6.45, 7) is 0. The Morgan fingerprint density at radius 2 is 2.33 bits per heavy atom. The molecule has 50 valence electrons. The molecule has 1 rings (SSSR count). The van der Waals surface area contributed by atoms with E-state index in [4.69, 9.17) is 0 Å². The second-order valence-electron chi connectivity index (χ2n) is 1.71. The van der Waals surface area contributed by atoms with Crippen molar-refractivity contribution in [2.75, 3.05) is 6.26 Å². The van der Waals surface area contributed by atoms with E-state index in [1.807, 2.05) is 24.6 Å². The van der Waals surface area contributed by atoms with Gasteiger partial charge >= 0.3 is 0 Å². The van der Waals surface area contributed by atoms with Gasteiger partial charge in [0.05, 0.1) is 0 Å². The van der Waals surface area contributed by atoms with Crippen molar-refractivity contribution < 1.29 is 0 Å². The average molecular weight is 206 g/mol. The first kappa shape index (κ1) is 7.22. The third kappa shape index (κ3) is 1.76. The lowest BCUT2D eigenvalue weighted by atomic mass is 10.4. The van der Waals surface area contributed by atoms with E-state index in [0.29, 0.717) is 0 Å². The van der Waals surface area contributed by atoms with Gasteiger partial charge in [0.15, 0.2) is 3.78 Å². The van der Waals surface area contributed by atoms with Crippen LogP contribution >= 0.6 is 27.7 Å². The van der Waals surface area contributed by atoms with Crippen LogP contribution in [0, 0.1) is 0 Å². The highest BCUT2D eigenvalue weighted by Crippen LogP contribution is 2.29. The fourth-order valence-corrected chi connectivity index (χ4v) is 1.26. The van der Waals surface area contributed by atoms with Crippen molar-refractivity contribution in [3.63, 3.8) is 0 Å². The fourth-order valence-electron chi connectivity index (χ4n) is 0.572. The molecule has 1 nitrogen and oxygen atoms in total. The quantitative estimate of drug-likeness (QED) is 0.520. The Labute approximate surface area is 67.7 Å². The highest BCUT2D eigenvalue weighted by molar-refractivity contribution is 9.12. The zero-order chi connectivity index (χ0) is 6.74. The normalized spacial score (nSPS) is 32.2. The minimum absolute atomic E-state index is 0.0677. The molecule has 0 aromatic carbocycles. The first-order valence-corrected chi connectivity index (χ1v) is 4.65. The van der Waals surface area contributed by atoms with Crippen molar-refractivity contribution in [1.82, 2.24) is 5.32 Å². The highest BCUT2D eigenvalue weighted by atomic mass is 79.9. The van der Waals surface area contributed by atoms with Gasteiger partial charge in [-0.05, 0) is 40.5 Å². The van der Waals surface area contributed by atoms with Gasteiger partial charge in [0.2, 0.25) is 0 Å². The lowest BCUT2D eigenvalue weighted by molar-refractivity contribution is 0.873. The van der Waals surface area contributed by atoms with Crippen molar-refractivity contribution in [3.05, 3.63) is 24.4 Å². The Balaban J connectivity index is 2.63. The number of rotatable bonds is 1. The van der Waals surface area contributed by atoms with Crippen LogP contribution in [0.25, 0.3) is 0 Å². The Morgan fingerprint density at radius 3 is 2.67 bits per heavy atom. The average Bonchev–Trinajstić information content (AvgIpc) is 1.90. The molecule has 1 atom stereocenters. The number of nitrogens with one attached hydrogen (secondary N) is 1. The largest absolute Gasteiger partial charge is 0.365 e. The molecule has 9 heavy (non-hydrogen) atoms. The summed E-state index contributed by atoms with van der Waals surface area (Å²) in [5.74, 6) is 0. The van der Waals surface area contributed by atoms with Gasteiger partial charge in [0.25, 0.3) is 0 Å². The molecule has 0 aliphatic carbocycles. The Hall–Kier alpha value is 0.110. The SMILES string of the molecule is CSC1(Br)C=CC=CN1. The number of hydrogen-bond donors (Lipinski definition) is 1. The topological polar surface area (TPSA) is 12.0 Å². The summed E-state index contributed by atoms with van der Waals surface area (Å²) in [6.07, 6.45) is 10.0. The van der Waals surface area contributed by atoms with E-state index < -0.39 is 0 Å². The molecule has 0 saturated carbocycles. The van der Waals surface area contributed by atoms with E-state index in [2.05, 4.69) is 27.3 Å². The highest BCUT2D eigenvalue weighted by Gasteiger charge is 2.19. The van der Waals surface area contributed by atoms with Gasteiger partial charge in [-0.2, -0.15) is 0 Å². The first-order valence-electron chi connectivity index (χ1n) is 2.63. The van der Waals surface area contributed by atoms with Crippen LogP contribution in [0.3, 0.4) is 0 Å². The third-order valence-electron chi connectivity index (χ3n) is 1.10. The molecule has 1 heterocycles. The molecule has 0 spiro atoms. The van der Waals surface area contributed by atoms with Crippen LogP contribution in [0.4, 0.5) is 0 Å². The van der Waals surface area contributed by atoms with Crippen LogP contribution in [0.1, 0.15) is 0 Å². The summed E-state index contributed by atoms with van der Waals surface area (Å²) >= 11 is 5.22. The molecule has 0 aromatic heterocycles. The molecular formula is C6H8BrNS. The smallest absolute Gasteiger partial charge is 0.158 e. The summed E-state index contributed by atoms with van der Waals surface area (Å²) in [4.78, 5) is 0. The molecule has 0 amide bonds. The van der Waals surface area contributed by atoms with Crippen molar-refractivity contribution in [3.8, 4) is 0 Å². The summed E-state index contributed by atoms with van der Waals surface area (Å²) in [5.41, 5.74) is 0. The summed E-state index contributed by atoms with van der Waals surface area (Å²) < 4.78 is -0.0677. The lowest BCUT2D eigenvalue weighted by Crippen LogP contribution is -2.30. The number of thioether (sulfide) groups is 1. The molecule has 1 aliphatic rings. The van der Waals surface area contributed by atoms with E-state index in [1.54, 1.807) is 11.8 Å². The molecule has 0 bridgehead atoms. The van der Waals surface area contributed by atoms with E-state index >= 15 is 0 Å². The summed E-state index contributed by atoms with van der Waals surface area (Å²) in [5, 5.41) is 3.16. The molecule has 0 saturated heterocycles. The van der Waals surface area contributed by atoms with Crippen LogP contribution in [0.15, 0.2) is 24.4 Å². The van der Waals surface area contributed by atoms with Crippen molar-refractivity contribution in [2.45, 2.75) is 3.78 Å². The zero-order valence-electron chi connectivity index (χ0n) is 5.10. The Morgan fingerprint density at radius 1 is 1.56 bits per heavy atom. The molecule has 0 radical (unpaired) electrons. The second-order valence-corrected chi connectivity index (χ2v) is 4.54. The van der Waals surface area contributed by atoms with Gasteiger partial charge in [-0.15, -0.1) is 11.8 Å². The molecule has 1 unspecified atom stereocenters. The van der Waals surface area contributed by atoms with Crippen LogP contribution < -0.4 is 5.32 Å². The predicted octanol–water partition coefficient (Wildman–Crippen LogP) is 2.07. The van der Waals surface area contributed by atoms with Crippen LogP contribution in [-0.2, 0) is 0 Å². The van der Waals surface area contributed by atoms with Crippen molar-refractivity contribution in [2.24, 2.45) is 0 Å². The maximum Gasteiger partial charge on any atom is 0.158 e. The molecule has 3 heteroatoms. The lowest BCUT2D eigenvalue weighted by Gasteiger charge is -2.23.